The highest BCUT2D eigenvalue weighted by Crippen LogP contribution is 2.45. The number of hydrogen-bond acceptors (Lipinski definition) is 2. The fraction of sp³-hybridized carbons (Fsp3) is 0.0500. The zero-order chi connectivity index (χ0) is 17.0. The molecule has 0 saturated heterocycles. The number of hydrogen-bond donors (Lipinski definition) is 1. The average Bonchev–Trinajstić information content (AvgIpc) is 2.62. The van der Waals surface area contributed by atoms with Crippen molar-refractivity contribution in [3.8, 4) is 0 Å². The van der Waals surface area contributed by atoms with E-state index in [9.17, 15) is 4.57 Å². The lowest BCUT2D eigenvalue weighted by Gasteiger charge is -2.21. The van der Waals surface area contributed by atoms with E-state index in [0.717, 1.165) is 21.9 Å². The molecule has 0 aliphatic heterocycles. The van der Waals surface area contributed by atoms with Crippen LogP contribution < -0.4 is 15.9 Å². The molecular formula is C20H18NOPS. The summed E-state index contributed by atoms with van der Waals surface area (Å²) in [7, 11) is -3.08. The van der Waals surface area contributed by atoms with Crippen molar-refractivity contribution < 1.29 is 4.57 Å². The quantitative estimate of drug-likeness (QED) is 0.545. The van der Waals surface area contributed by atoms with Crippen LogP contribution in [0.25, 0.3) is 0 Å². The van der Waals surface area contributed by atoms with Crippen LogP contribution in [-0.2, 0) is 4.57 Å². The molecule has 0 bridgehead atoms. The van der Waals surface area contributed by atoms with Gasteiger partial charge < -0.3 is 9.88 Å². The van der Waals surface area contributed by atoms with Crippen molar-refractivity contribution >= 4 is 40.4 Å². The summed E-state index contributed by atoms with van der Waals surface area (Å²) >= 11 is 5.60. The van der Waals surface area contributed by atoms with Crippen molar-refractivity contribution in [1.29, 1.82) is 0 Å². The van der Waals surface area contributed by atoms with Crippen LogP contribution >= 0.6 is 19.4 Å². The van der Waals surface area contributed by atoms with Gasteiger partial charge in [-0.3, -0.25) is 0 Å². The highest BCUT2D eigenvalue weighted by atomic mass is 32.1. The van der Waals surface area contributed by atoms with E-state index in [-0.39, 0.29) is 0 Å². The van der Waals surface area contributed by atoms with Crippen molar-refractivity contribution in [1.82, 2.24) is 0 Å². The van der Waals surface area contributed by atoms with Gasteiger partial charge in [0.1, 0.15) is 4.73 Å². The fourth-order valence-electron chi connectivity index (χ4n) is 2.58. The van der Waals surface area contributed by atoms with Crippen molar-refractivity contribution in [2.45, 2.75) is 6.92 Å². The second-order valence-electron chi connectivity index (χ2n) is 5.58. The molecule has 0 aromatic heterocycles. The molecule has 0 atom stereocenters. The number of anilines is 1. The summed E-state index contributed by atoms with van der Waals surface area (Å²) < 4.78 is 14.4. The second kappa shape index (κ2) is 7.12. The molecule has 0 spiro atoms. The number of nitrogens with one attached hydrogen (secondary N) is 1. The van der Waals surface area contributed by atoms with E-state index in [0.29, 0.717) is 4.73 Å². The van der Waals surface area contributed by atoms with Crippen LogP contribution in [0, 0.1) is 6.92 Å². The van der Waals surface area contributed by atoms with Crippen LogP contribution in [0.3, 0.4) is 0 Å². The maximum Gasteiger partial charge on any atom is 0.197 e. The normalized spacial score (nSPS) is 11.0. The predicted molar refractivity (Wildman–Crippen MR) is 107 cm³/mol. The fourth-order valence-corrected chi connectivity index (χ4v) is 5.57. The molecule has 0 aliphatic rings. The lowest BCUT2D eigenvalue weighted by molar-refractivity contribution is 0.594. The van der Waals surface area contributed by atoms with E-state index in [1.165, 1.54) is 0 Å². The molecule has 0 aliphatic carbocycles. The molecule has 0 radical (unpaired) electrons. The van der Waals surface area contributed by atoms with Crippen LogP contribution in [0.1, 0.15) is 5.56 Å². The highest BCUT2D eigenvalue weighted by molar-refractivity contribution is 8.08. The molecule has 4 heteroatoms. The minimum Gasteiger partial charge on any atom is -0.343 e. The molecule has 3 aromatic carbocycles. The Hall–Kier alpha value is -2.22. The van der Waals surface area contributed by atoms with E-state index in [4.69, 9.17) is 12.2 Å². The van der Waals surface area contributed by atoms with E-state index >= 15 is 0 Å². The largest absolute Gasteiger partial charge is 0.343 e. The first kappa shape index (κ1) is 16.6. The zero-order valence-electron chi connectivity index (χ0n) is 13.3. The predicted octanol–water partition coefficient (Wildman–Crippen LogP) is 4.71. The van der Waals surface area contributed by atoms with E-state index in [2.05, 4.69) is 5.32 Å². The summed E-state index contributed by atoms with van der Waals surface area (Å²) in [4.78, 5) is 0. The van der Waals surface area contributed by atoms with E-state index in [1.54, 1.807) is 0 Å². The van der Waals surface area contributed by atoms with Gasteiger partial charge in [0.15, 0.2) is 7.14 Å². The minimum absolute atomic E-state index is 0.352. The first-order chi connectivity index (χ1) is 11.6. The molecule has 0 unspecified atom stereocenters. The summed E-state index contributed by atoms with van der Waals surface area (Å²) in [5, 5.41) is 4.66. The molecule has 0 amide bonds. The standard InChI is InChI=1S/C20H18NOPS/c1-16-9-8-10-17(15-16)21-20(24)23(22,18-11-4-2-5-12-18)19-13-6-3-7-14-19/h2-15H,1H3,(H,21,24). The van der Waals surface area contributed by atoms with Crippen molar-refractivity contribution in [3.63, 3.8) is 0 Å². The molecule has 3 rings (SSSR count). The van der Waals surface area contributed by atoms with Crippen LogP contribution in [0.5, 0.6) is 0 Å². The molecule has 3 aromatic rings. The molecule has 0 fully saturated rings. The van der Waals surface area contributed by atoms with Gasteiger partial charge >= 0.3 is 0 Å². The lowest BCUT2D eigenvalue weighted by atomic mass is 10.2. The molecular weight excluding hydrogens is 333 g/mol. The SMILES string of the molecule is Cc1cccc(NC(=S)P(=O)(c2ccccc2)c2ccccc2)c1. The van der Waals surface area contributed by atoms with Crippen molar-refractivity contribution in [2.24, 2.45) is 0 Å². The Balaban J connectivity index is 2.05. The van der Waals surface area contributed by atoms with Crippen molar-refractivity contribution in [3.05, 3.63) is 90.5 Å². The Morgan fingerprint density at radius 1 is 0.833 bits per heavy atom. The Morgan fingerprint density at radius 3 is 1.88 bits per heavy atom. The summed E-state index contributed by atoms with van der Waals surface area (Å²) in [6.45, 7) is 2.02. The van der Waals surface area contributed by atoms with Crippen LogP contribution in [0.4, 0.5) is 5.69 Å². The molecule has 1 N–H and O–H groups in total. The Kier molecular flexibility index (Phi) is 4.94. The molecule has 2 nitrogen and oxygen atoms in total. The summed E-state index contributed by atoms with van der Waals surface area (Å²) in [5.74, 6) is 0. The Bertz CT molecular complexity index is 850. The molecule has 24 heavy (non-hydrogen) atoms. The van der Waals surface area contributed by atoms with E-state index in [1.807, 2.05) is 91.9 Å². The number of aryl methyl sites for hydroxylation is 1. The Morgan fingerprint density at radius 2 is 1.38 bits per heavy atom. The van der Waals surface area contributed by atoms with Gasteiger partial charge in [0.2, 0.25) is 0 Å². The molecule has 0 heterocycles. The Labute approximate surface area is 147 Å². The smallest absolute Gasteiger partial charge is 0.197 e. The van der Waals surface area contributed by atoms with Crippen molar-refractivity contribution in [2.75, 3.05) is 5.32 Å². The van der Waals surface area contributed by atoms with Gasteiger partial charge in [0.05, 0.1) is 0 Å². The van der Waals surface area contributed by atoms with Gasteiger partial charge in [-0.05, 0) is 24.6 Å². The lowest BCUT2D eigenvalue weighted by Crippen LogP contribution is -2.25. The van der Waals surface area contributed by atoms with Gasteiger partial charge in [0, 0.05) is 16.3 Å². The third-order valence-corrected chi connectivity index (χ3v) is 7.40. The van der Waals surface area contributed by atoms with Gasteiger partial charge in [-0.15, -0.1) is 0 Å². The number of rotatable bonds is 4. The van der Waals surface area contributed by atoms with Gasteiger partial charge in [-0.25, -0.2) is 0 Å². The van der Waals surface area contributed by atoms with Crippen LogP contribution in [-0.4, -0.2) is 4.73 Å². The van der Waals surface area contributed by atoms with E-state index < -0.39 is 7.14 Å². The summed E-state index contributed by atoms with van der Waals surface area (Å²) in [6.07, 6.45) is 0. The summed E-state index contributed by atoms with van der Waals surface area (Å²) in [5.41, 5.74) is 1.98. The molecule has 120 valence electrons. The van der Waals surface area contributed by atoms with Gasteiger partial charge in [-0.2, -0.15) is 0 Å². The first-order valence-corrected chi connectivity index (χ1v) is 9.82. The van der Waals surface area contributed by atoms with Crippen LogP contribution in [0.15, 0.2) is 84.9 Å². The maximum atomic E-state index is 14.0. The third-order valence-electron chi connectivity index (χ3n) is 3.79. The average molecular weight is 351 g/mol. The first-order valence-electron chi connectivity index (χ1n) is 7.70. The zero-order valence-corrected chi connectivity index (χ0v) is 15.1. The maximum absolute atomic E-state index is 14.0. The topological polar surface area (TPSA) is 29.1 Å². The van der Waals surface area contributed by atoms with Gasteiger partial charge in [-0.1, -0.05) is 85.0 Å². The monoisotopic (exact) mass is 351 g/mol. The number of thiocarbonyl (C=S) groups is 1. The summed E-state index contributed by atoms with van der Waals surface area (Å²) in [6, 6.07) is 26.8. The number of benzene rings is 3. The highest BCUT2D eigenvalue weighted by Gasteiger charge is 2.32. The second-order valence-corrected chi connectivity index (χ2v) is 8.99. The third kappa shape index (κ3) is 3.33. The molecule has 0 saturated carbocycles. The minimum atomic E-state index is -3.08. The van der Waals surface area contributed by atoms with Crippen LogP contribution in [0.2, 0.25) is 0 Å². The van der Waals surface area contributed by atoms with Gasteiger partial charge in [0.25, 0.3) is 0 Å².